The van der Waals surface area contributed by atoms with E-state index in [-0.39, 0.29) is 28.7 Å². The van der Waals surface area contributed by atoms with Crippen LogP contribution in [0.2, 0.25) is 10.0 Å². The summed E-state index contributed by atoms with van der Waals surface area (Å²) in [5.74, 6) is -0.383. The van der Waals surface area contributed by atoms with Crippen molar-refractivity contribution >= 4 is 35.0 Å². The molecule has 1 heterocycles. The zero-order valence-corrected chi connectivity index (χ0v) is 21.4. The van der Waals surface area contributed by atoms with Crippen LogP contribution in [0.15, 0.2) is 48.5 Å². The third-order valence-corrected chi connectivity index (χ3v) is 7.40. The number of carbonyl (C=O) groups is 2. The van der Waals surface area contributed by atoms with Crippen molar-refractivity contribution in [1.82, 2.24) is 15.5 Å². The van der Waals surface area contributed by atoms with Crippen LogP contribution >= 0.6 is 23.2 Å². The van der Waals surface area contributed by atoms with E-state index in [4.69, 9.17) is 23.2 Å². The van der Waals surface area contributed by atoms with Crippen LogP contribution in [0, 0.1) is 11.3 Å². The molecule has 1 saturated heterocycles. The second kappa shape index (κ2) is 10.0. The molecule has 0 bridgehead atoms. The van der Waals surface area contributed by atoms with E-state index < -0.39 is 6.04 Å². The molecule has 2 atom stereocenters. The van der Waals surface area contributed by atoms with Crippen molar-refractivity contribution in [2.75, 3.05) is 20.1 Å². The first-order valence-corrected chi connectivity index (χ1v) is 12.1. The quantitative estimate of drug-likeness (QED) is 0.591. The Hall–Kier alpha value is -2.08. The molecule has 0 unspecified atom stereocenters. The van der Waals surface area contributed by atoms with Crippen LogP contribution in [-0.2, 0) is 10.3 Å². The van der Waals surface area contributed by atoms with E-state index in [0.29, 0.717) is 28.7 Å². The first-order valence-electron chi connectivity index (χ1n) is 11.3. The van der Waals surface area contributed by atoms with Gasteiger partial charge in [0.25, 0.3) is 5.91 Å². The van der Waals surface area contributed by atoms with Gasteiger partial charge in [-0.1, -0.05) is 63.0 Å². The van der Waals surface area contributed by atoms with Gasteiger partial charge in [-0.3, -0.25) is 9.59 Å². The van der Waals surface area contributed by atoms with Crippen molar-refractivity contribution in [2.45, 2.75) is 45.7 Å². The molecule has 2 aromatic rings. The van der Waals surface area contributed by atoms with E-state index in [1.54, 1.807) is 24.3 Å². The summed E-state index contributed by atoms with van der Waals surface area (Å²) in [6.45, 7) is 9.40. The van der Waals surface area contributed by atoms with Gasteiger partial charge < -0.3 is 15.5 Å². The summed E-state index contributed by atoms with van der Waals surface area (Å²) in [4.78, 5) is 28.3. The zero-order valence-electron chi connectivity index (χ0n) is 19.9. The second-order valence-corrected chi connectivity index (χ2v) is 10.6. The lowest BCUT2D eigenvalue weighted by Crippen LogP contribution is -2.64. The molecule has 1 aliphatic rings. The molecule has 0 aliphatic carbocycles. The molecular formula is C26H33Cl2N3O2. The molecule has 5 nitrogen and oxygen atoms in total. The molecule has 1 fully saturated rings. The van der Waals surface area contributed by atoms with Crippen LogP contribution in [0.5, 0.6) is 0 Å². The number of hydrogen-bond donors (Lipinski definition) is 2. The first kappa shape index (κ1) is 25.5. The highest BCUT2D eigenvalue weighted by Crippen LogP contribution is 2.46. The molecule has 0 saturated carbocycles. The predicted octanol–water partition coefficient (Wildman–Crippen LogP) is 5.12. The second-order valence-electron chi connectivity index (χ2n) is 9.76. The van der Waals surface area contributed by atoms with Gasteiger partial charge in [0.15, 0.2) is 0 Å². The average molecular weight is 490 g/mol. The summed E-state index contributed by atoms with van der Waals surface area (Å²) in [5.41, 5.74) is 1.08. The fraction of sp³-hybridized carbons (Fsp3) is 0.462. The number of rotatable bonds is 6. The number of piperidine rings is 1. The fourth-order valence-corrected chi connectivity index (χ4v) is 5.19. The van der Waals surface area contributed by atoms with Crippen molar-refractivity contribution in [3.8, 4) is 0 Å². The van der Waals surface area contributed by atoms with Gasteiger partial charge in [0.2, 0.25) is 5.91 Å². The third-order valence-electron chi connectivity index (χ3n) is 6.90. The topological polar surface area (TPSA) is 61.4 Å². The standard InChI is InChI=1S/C26H33Cl2N3O2/c1-17(2)22(30-23(32)18-6-10-20(27)11-7-18)24(33)31-15-14-26(29-5,25(3,4)16-31)19-8-12-21(28)13-9-19/h6-13,17,22,29H,14-16H2,1-5H3,(H,30,32)/t22-,26+/m1/s1. The molecule has 2 N–H and O–H groups in total. The number of amides is 2. The summed E-state index contributed by atoms with van der Waals surface area (Å²) >= 11 is 12.1. The minimum atomic E-state index is -0.610. The molecule has 0 aromatic heterocycles. The maximum atomic E-state index is 13.6. The number of carbonyl (C=O) groups excluding carboxylic acids is 2. The minimum absolute atomic E-state index is 0.0517. The van der Waals surface area contributed by atoms with E-state index in [9.17, 15) is 9.59 Å². The third kappa shape index (κ3) is 5.21. The molecule has 0 spiro atoms. The van der Waals surface area contributed by atoms with Gasteiger partial charge in [-0.2, -0.15) is 0 Å². The van der Waals surface area contributed by atoms with Gasteiger partial charge in [0.05, 0.1) is 5.54 Å². The van der Waals surface area contributed by atoms with Gasteiger partial charge in [-0.15, -0.1) is 0 Å². The Morgan fingerprint density at radius 1 is 0.970 bits per heavy atom. The van der Waals surface area contributed by atoms with Crippen molar-refractivity contribution in [3.05, 3.63) is 69.7 Å². The van der Waals surface area contributed by atoms with Crippen molar-refractivity contribution in [3.63, 3.8) is 0 Å². The Morgan fingerprint density at radius 2 is 1.52 bits per heavy atom. The average Bonchev–Trinajstić information content (AvgIpc) is 2.77. The Bertz CT molecular complexity index is 990. The molecule has 2 amide bonds. The zero-order chi connectivity index (χ0) is 24.4. The first-order chi connectivity index (χ1) is 15.5. The van der Waals surface area contributed by atoms with Gasteiger partial charge in [-0.25, -0.2) is 0 Å². The number of hydrogen-bond acceptors (Lipinski definition) is 3. The molecule has 3 rings (SSSR count). The maximum Gasteiger partial charge on any atom is 0.251 e. The Labute approximate surface area is 206 Å². The normalized spacial score (nSPS) is 21.0. The maximum absolute atomic E-state index is 13.6. The molecular weight excluding hydrogens is 457 g/mol. The molecule has 0 radical (unpaired) electrons. The summed E-state index contributed by atoms with van der Waals surface area (Å²) in [6, 6.07) is 14.0. The van der Waals surface area contributed by atoms with E-state index in [0.717, 1.165) is 12.0 Å². The Balaban J connectivity index is 1.79. The molecule has 1 aliphatic heterocycles. The van der Waals surface area contributed by atoms with Crippen LogP contribution in [0.4, 0.5) is 0 Å². The Kier molecular flexibility index (Phi) is 7.77. The minimum Gasteiger partial charge on any atom is -0.340 e. The summed E-state index contributed by atoms with van der Waals surface area (Å²) < 4.78 is 0. The number of benzene rings is 2. The number of halogens is 2. The predicted molar refractivity (Wildman–Crippen MR) is 135 cm³/mol. The van der Waals surface area contributed by atoms with Crippen LogP contribution in [0.3, 0.4) is 0 Å². The highest BCUT2D eigenvalue weighted by molar-refractivity contribution is 6.30. The lowest BCUT2D eigenvalue weighted by molar-refractivity contribution is -0.140. The van der Waals surface area contributed by atoms with E-state index in [1.807, 2.05) is 37.9 Å². The smallest absolute Gasteiger partial charge is 0.251 e. The van der Waals surface area contributed by atoms with E-state index >= 15 is 0 Å². The molecule has 7 heteroatoms. The Morgan fingerprint density at radius 3 is 2.00 bits per heavy atom. The van der Waals surface area contributed by atoms with Gasteiger partial charge in [0.1, 0.15) is 6.04 Å². The summed E-state index contributed by atoms with van der Waals surface area (Å²) in [6.07, 6.45) is 0.750. The highest BCUT2D eigenvalue weighted by atomic mass is 35.5. The van der Waals surface area contributed by atoms with Crippen LogP contribution in [-0.4, -0.2) is 42.9 Å². The number of likely N-dealkylation sites (tertiary alicyclic amines) is 1. The van der Waals surface area contributed by atoms with Crippen LogP contribution < -0.4 is 10.6 Å². The van der Waals surface area contributed by atoms with E-state index in [1.165, 1.54) is 0 Å². The summed E-state index contributed by atoms with van der Waals surface area (Å²) in [5, 5.41) is 7.76. The molecule has 33 heavy (non-hydrogen) atoms. The van der Waals surface area contributed by atoms with E-state index in [2.05, 4.69) is 36.6 Å². The number of nitrogens with zero attached hydrogens (tertiary/aromatic N) is 1. The molecule has 178 valence electrons. The van der Waals surface area contributed by atoms with Crippen LogP contribution in [0.1, 0.15) is 50.0 Å². The van der Waals surface area contributed by atoms with Gasteiger partial charge in [0, 0.05) is 34.1 Å². The highest BCUT2D eigenvalue weighted by Gasteiger charge is 2.50. The van der Waals surface area contributed by atoms with Gasteiger partial charge >= 0.3 is 0 Å². The SMILES string of the molecule is CN[C@]1(c2ccc(Cl)cc2)CCN(C(=O)[C@H](NC(=O)c2ccc(Cl)cc2)C(C)C)CC1(C)C. The van der Waals surface area contributed by atoms with Crippen molar-refractivity contribution < 1.29 is 9.59 Å². The largest absolute Gasteiger partial charge is 0.340 e. The monoisotopic (exact) mass is 489 g/mol. The van der Waals surface area contributed by atoms with Gasteiger partial charge in [-0.05, 0) is 61.3 Å². The fourth-order valence-electron chi connectivity index (χ4n) is 4.93. The number of nitrogens with one attached hydrogen (secondary N) is 2. The lowest BCUT2D eigenvalue weighted by Gasteiger charge is -2.54. The lowest BCUT2D eigenvalue weighted by atomic mass is 9.64. The van der Waals surface area contributed by atoms with Crippen molar-refractivity contribution in [2.24, 2.45) is 11.3 Å². The molecule has 2 aromatic carbocycles. The van der Waals surface area contributed by atoms with Crippen molar-refractivity contribution in [1.29, 1.82) is 0 Å². The summed E-state index contributed by atoms with van der Waals surface area (Å²) in [7, 11) is 1.97. The van der Waals surface area contributed by atoms with Crippen LogP contribution in [0.25, 0.3) is 0 Å².